The summed E-state index contributed by atoms with van der Waals surface area (Å²) in [6, 6.07) is 19.6. The summed E-state index contributed by atoms with van der Waals surface area (Å²) < 4.78 is 11.5. The van der Waals surface area contributed by atoms with Crippen LogP contribution in [0.5, 0.6) is 17.2 Å². The predicted molar refractivity (Wildman–Crippen MR) is 96.0 cm³/mol. The van der Waals surface area contributed by atoms with E-state index in [9.17, 15) is 4.79 Å². The number of carbonyl (C=O) groups is 1. The van der Waals surface area contributed by atoms with Gasteiger partial charge in [-0.3, -0.25) is 0 Å². The zero-order chi connectivity index (χ0) is 16.9. The maximum atomic E-state index is 10.6. The molecule has 0 unspecified atom stereocenters. The summed E-state index contributed by atoms with van der Waals surface area (Å²) in [7, 11) is 0. The highest BCUT2D eigenvalue weighted by Crippen LogP contribution is 2.27. The molecule has 3 nitrogen and oxygen atoms in total. The first kappa shape index (κ1) is 16.1. The molecule has 0 fully saturated rings. The molecule has 0 aromatic heterocycles. The van der Waals surface area contributed by atoms with Crippen LogP contribution in [0, 0.1) is 0 Å². The van der Waals surface area contributed by atoms with E-state index in [1.165, 1.54) is 0 Å². The highest BCUT2D eigenvalue weighted by atomic mass is 16.5. The van der Waals surface area contributed by atoms with Crippen LogP contribution < -0.4 is 9.47 Å². The van der Waals surface area contributed by atoms with Crippen LogP contribution in [0.1, 0.15) is 19.4 Å². The highest BCUT2D eigenvalue weighted by molar-refractivity contribution is 5.85. The summed E-state index contributed by atoms with van der Waals surface area (Å²) in [6.45, 7) is 4.00. The summed E-state index contributed by atoms with van der Waals surface area (Å²) in [5, 5.41) is 2.18. The number of aldehydes is 1. The number of benzene rings is 3. The Morgan fingerprint density at radius 2 is 1.46 bits per heavy atom. The van der Waals surface area contributed by atoms with Gasteiger partial charge in [-0.25, -0.2) is 0 Å². The average Bonchev–Trinajstić information content (AvgIpc) is 2.57. The largest absolute Gasteiger partial charge is 0.491 e. The predicted octanol–water partition coefficient (Wildman–Crippen LogP) is 5.16. The molecular weight excluding hydrogens is 300 g/mol. The maximum Gasteiger partial charge on any atom is 0.128 e. The van der Waals surface area contributed by atoms with Crippen molar-refractivity contribution in [2.75, 3.05) is 0 Å². The van der Waals surface area contributed by atoms with Crippen molar-refractivity contribution in [3.05, 3.63) is 66.2 Å². The normalized spacial score (nSPS) is 10.8. The molecule has 0 aliphatic heterocycles. The molecule has 0 amide bonds. The van der Waals surface area contributed by atoms with Gasteiger partial charge < -0.3 is 14.3 Å². The van der Waals surface area contributed by atoms with Crippen LogP contribution in [0.2, 0.25) is 0 Å². The lowest BCUT2D eigenvalue weighted by Crippen LogP contribution is -2.05. The molecule has 0 radical (unpaired) electrons. The lowest BCUT2D eigenvalue weighted by atomic mass is 10.1. The first-order chi connectivity index (χ1) is 11.6. The molecule has 3 heteroatoms. The Morgan fingerprint density at radius 1 is 0.833 bits per heavy atom. The van der Waals surface area contributed by atoms with Gasteiger partial charge in [0.2, 0.25) is 0 Å². The van der Waals surface area contributed by atoms with Crippen molar-refractivity contribution in [3.8, 4) is 17.2 Å². The standard InChI is InChI=1S/C21H20O3/c1-15(2)23-19-7-9-20(10-8-19)24-21-6-5-17-13-16(11-12-22)3-4-18(17)14-21/h3-10,12-15H,11H2,1-2H3. The van der Waals surface area contributed by atoms with Gasteiger partial charge in [-0.05, 0) is 66.6 Å². The minimum absolute atomic E-state index is 0.154. The van der Waals surface area contributed by atoms with Crippen molar-refractivity contribution in [2.24, 2.45) is 0 Å². The van der Waals surface area contributed by atoms with Crippen molar-refractivity contribution >= 4 is 17.1 Å². The third-order valence-electron chi connectivity index (χ3n) is 3.63. The molecule has 0 atom stereocenters. The molecular formula is C21H20O3. The molecule has 0 heterocycles. The van der Waals surface area contributed by atoms with E-state index in [0.717, 1.165) is 39.9 Å². The van der Waals surface area contributed by atoms with Gasteiger partial charge in [-0.2, -0.15) is 0 Å². The topological polar surface area (TPSA) is 35.5 Å². The number of hydrogen-bond donors (Lipinski definition) is 0. The van der Waals surface area contributed by atoms with E-state index in [0.29, 0.717) is 6.42 Å². The van der Waals surface area contributed by atoms with Gasteiger partial charge in [-0.15, -0.1) is 0 Å². The lowest BCUT2D eigenvalue weighted by molar-refractivity contribution is -0.107. The van der Waals surface area contributed by atoms with E-state index in [-0.39, 0.29) is 6.10 Å². The van der Waals surface area contributed by atoms with Crippen molar-refractivity contribution in [3.63, 3.8) is 0 Å². The Morgan fingerprint density at radius 3 is 2.17 bits per heavy atom. The fourth-order valence-corrected chi connectivity index (χ4v) is 2.55. The van der Waals surface area contributed by atoms with Crippen molar-refractivity contribution in [2.45, 2.75) is 26.4 Å². The Kier molecular flexibility index (Phi) is 4.80. The van der Waals surface area contributed by atoms with E-state index in [1.807, 2.05) is 74.5 Å². The molecule has 3 rings (SSSR count). The van der Waals surface area contributed by atoms with Crippen molar-refractivity contribution < 1.29 is 14.3 Å². The lowest BCUT2D eigenvalue weighted by Gasteiger charge is -2.11. The molecule has 0 spiro atoms. The monoisotopic (exact) mass is 320 g/mol. The van der Waals surface area contributed by atoms with Crippen LogP contribution in [0.15, 0.2) is 60.7 Å². The zero-order valence-electron chi connectivity index (χ0n) is 13.9. The van der Waals surface area contributed by atoms with Crippen LogP contribution in [0.25, 0.3) is 10.8 Å². The average molecular weight is 320 g/mol. The van der Waals surface area contributed by atoms with Gasteiger partial charge in [-0.1, -0.05) is 24.3 Å². The van der Waals surface area contributed by atoms with Crippen LogP contribution in [-0.2, 0) is 11.2 Å². The summed E-state index contributed by atoms with van der Waals surface area (Å²) in [5.74, 6) is 2.38. The van der Waals surface area contributed by atoms with E-state index in [1.54, 1.807) is 0 Å². The molecule has 0 saturated heterocycles. The molecule has 0 N–H and O–H groups in total. The van der Waals surface area contributed by atoms with E-state index < -0.39 is 0 Å². The third-order valence-corrected chi connectivity index (χ3v) is 3.63. The molecule has 3 aromatic carbocycles. The summed E-state index contributed by atoms with van der Waals surface area (Å²) in [4.78, 5) is 10.6. The summed E-state index contributed by atoms with van der Waals surface area (Å²) in [5.41, 5.74) is 1.02. The van der Waals surface area contributed by atoms with Crippen LogP contribution in [0.4, 0.5) is 0 Å². The van der Waals surface area contributed by atoms with E-state index in [4.69, 9.17) is 9.47 Å². The Hall–Kier alpha value is -2.81. The SMILES string of the molecule is CC(C)Oc1ccc(Oc2ccc3cc(CC=O)ccc3c2)cc1. The second-order valence-corrected chi connectivity index (χ2v) is 5.95. The third kappa shape index (κ3) is 3.93. The second-order valence-electron chi connectivity index (χ2n) is 5.95. The van der Waals surface area contributed by atoms with Gasteiger partial charge in [0.15, 0.2) is 0 Å². The Bertz CT molecular complexity index is 835. The van der Waals surface area contributed by atoms with E-state index >= 15 is 0 Å². The number of rotatable bonds is 6. The molecule has 24 heavy (non-hydrogen) atoms. The molecule has 0 bridgehead atoms. The van der Waals surface area contributed by atoms with Crippen molar-refractivity contribution in [1.29, 1.82) is 0 Å². The molecule has 0 saturated carbocycles. The zero-order valence-corrected chi connectivity index (χ0v) is 13.9. The fraction of sp³-hybridized carbons (Fsp3) is 0.190. The minimum atomic E-state index is 0.154. The van der Waals surface area contributed by atoms with Crippen LogP contribution in [0.3, 0.4) is 0 Å². The van der Waals surface area contributed by atoms with Gasteiger partial charge >= 0.3 is 0 Å². The van der Waals surface area contributed by atoms with Crippen LogP contribution in [-0.4, -0.2) is 12.4 Å². The Labute approximate surface area is 141 Å². The molecule has 122 valence electrons. The van der Waals surface area contributed by atoms with Crippen LogP contribution >= 0.6 is 0 Å². The molecule has 0 aliphatic carbocycles. The summed E-state index contributed by atoms with van der Waals surface area (Å²) >= 11 is 0. The number of carbonyl (C=O) groups excluding carboxylic acids is 1. The number of ether oxygens (including phenoxy) is 2. The molecule has 0 aliphatic rings. The minimum Gasteiger partial charge on any atom is -0.491 e. The maximum absolute atomic E-state index is 10.6. The van der Waals surface area contributed by atoms with E-state index in [2.05, 4.69) is 0 Å². The van der Waals surface area contributed by atoms with Crippen molar-refractivity contribution in [1.82, 2.24) is 0 Å². The number of hydrogen-bond acceptors (Lipinski definition) is 3. The Balaban J connectivity index is 1.77. The van der Waals surface area contributed by atoms with Gasteiger partial charge in [0.1, 0.15) is 23.5 Å². The fourth-order valence-electron chi connectivity index (χ4n) is 2.55. The number of fused-ring (bicyclic) bond motifs is 1. The van der Waals surface area contributed by atoms with Gasteiger partial charge in [0.25, 0.3) is 0 Å². The quantitative estimate of drug-likeness (QED) is 0.588. The molecule has 3 aromatic rings. The van der Waals surface area contributed by atoms with Gasteiger partial charge in [0, 0.05) is 6.42 Å². The van der Waals surface area contributed by atoms with Gasteiger partial charge in [0.05, 0.1) is 6.10 Å². The smallest absolute Gasteiger partial charge is 0.128 e. The highest BCUT2D eigenvalue weighted by Gasteiger charge is 2.03. The first-order valence-electron chi connectivity index (χ1n) is 8.05. The first-order valence-corrected chi connectivity index (χ1v) is 8.05. The second kappa shape index (κ2) is 7.18. The summed E-state index contributed by atoms with van der Waals surface area (Å²) in [6.07, 6.45) is 1.52.